The molecule has 1 amide bonds. The Morgan fingerprint density at radius 3 is 2.80 bits per heavy atom. The molecule has 2 N–H and O–H groups in total. The number of halogens is 1. The molecular formula is C11H15BrN2O. The number of amides is 1. The first-order chi connectivity index (χ1) is 7.13. The van der Waals surface area contributed by atoms with Crippen LogP contribution in [0.4, 0.5) is 5.69 Å². The Kier molecular flexibility index (Phi) is 4.78. The second-order valence-electron chi connectivity index (χ2n) is 3.37. The Morgan fingerprint density at radius 1 is 1.47 bits per heavy atom. The van der Waals surface area contributed by atoms with Crippen molar-refractivity contribution in [2.45, 2.75) is 13.3 Å². The van der Waals surface area contributed by atoms with Crippen molar-refractivity contribution in [2.24, 2.45) is 0 Å². The van der Waals surface area contributed by atoms with Crippen LogP contribution in [0.25, 0.3) is 0 Å². The lowest BCUT2D eigenvalue weighted by molar-refractivity contribution is -0.116. The second-order valence-corrected chi connectivity index (χ2v) is 4.22. The molecule has 0 fully saturated rings. The highest BCUT2D eigenvalue weighted by molar-refractivity contribution is 9.10. The van der Waals surface area contributed by atoms with Crippen LogP contribution < -0.4 is 10.6 Å². The molecular weight excluding hydrogens is 256 g/mol. The second kappa shape index (κ2) is 5.88. The molecule has 0 saturated carbocycles. The molecule has 0 aliphatic carbocycles. The number of aryl methyl sites for hydroxylation is 1. The molecule has 0 aliphatic rings. The molecule has 0 spiro atoms. The maximum atomic E-state index is 11.4. The summed E-state index contributed by atoms with van der Waals surface area (Å²) in [4.78, 5) is 11.4. The molecule has 1 aromatic rings. The van der Waals surface area contributed by atoms with Gasteiger partial charge >= 0.3 is 0 Å². The lowest BCUT2D eigenvalue weighted by Crippen LogP contribution is -2.18. The third-order valence-electron chi connectivity index (χ3n) is 2.04. The molecule has 0 saturated heterocycles. The van der Waals surface area contributed by atoms with E-state index in [1.807, 2.05) is 32.2 Å². The summed E-state index contributed by atoms with van der Waals surface area (Å²) in [6.07, 6.45) is 0.492. The summed E-state index contributed by atoms with van der Waals surface area (Å²) in [5.41, 5.74) is 1.96. The first-order valence-electron chi connectivity index (χ1n) is 4.84. The molecule has 0 aromatic heterocycles. The average Bonchev–Trinajstić information content (AvgIpc) is 2.20. The fourth-order valence-electron chi connectivity index (χ4n) is 1.18. The van der Waals surface area contributed by atoms with Gasteiger partial charge in [-0.15, -0.1) is 0 Å². The van der Waals surface area contributed by atoms with Gasteiger partial charge < -0.3 is 10.6 Å². The lowest BCUT2D eigenvalue weighted by atomic mass is 10.2. The van der Waals surface area contributed by atoms with Crippen molar-refractivity contribution in [3.05, 3.63) is 28.2 Å². The fraction of sp³-hybridized carbons (Fsp3) is 0.364. The number of benzene rings is 1. The highest BCUT2D eigenvalue weighted by Crippen LogP contribution is 2.19. The Hall–Kier alpha value is -0.870. The molecule has 4 heteroatoms. The van der Waals surface area contributed by atoms with Gasteiger partial charge in [-0.1, -0.05) is 15.9 Å². The average molecular weight is 271 g/mol. The maximum absolute atomic E-state index is 11.4. The molecule has 0 aliphatic heterocycles. The van der Waals surface area contributed by atoms with Crippen molar-refractivity contribution < 1.29 is 4.79 Å². The van der Waals surface area contributed by atoms with E-state index in [0.29, 0.717) is 13.0 Å². The minimum Gasteiger partial charge on any atom is -0.326 e. The zero-order chi connectivity index (χ0) is 11.3. The van der Waals surface area contributed by atoms with Crippen LogP contribution >= 0.6 is 15.9 Å². The van der Waals surface area contributed by atoms with E-state index >= 15 is 0 Å². The molecule has 1 rings (SSSR count). The Morgan fingerprint density at radius 2 is 2.20 bits per heavy atom. The van der Waals surface area contributed by atoms with Crippen LogP contribution in [0.2, 0.25) is 0 Å². The van der Waals surface area contributed by atoms with Crippen LogP contribution in [0.3, 0.4) is 0 Å². The Labute approximate surface area is 98.4 Å². The quantitative estimate of drug-likeness (QED) is 0.882. The van der Waals surface area contributed by atoms with Gasteiger partial charge in [-0.25, -0.2) is 0 Å². The van der Waals surface area contributed by atoms with Gasteiger partial charge in [-0.3, -0.25) is 4.79 Å². The number of carbonyl (C=O) groups excluding carboxylic acids is 1. The van der Waals surface area contributed by atoms with Crippen LogP contribution in [0.5, 0.6) is 0 Å². The summed E-state index contributed by atoms with van der Waals surface area (Å²) < 4.78 is 1.05. The lowest BCUT2D eigenvalue weighted by Gasteiger charge is -2.06. The van der Waals surface area contributed by atoms with E-state index in [-0.39, 0.29) is 5.91 Å². The summed E-state index contributed by atoms with van der Waals surface area (Å²) in [7, 11) is 1.83. The van der Waals surface area contributed by atoms with Crippen molar-refractivity contribution in [1.82, 2.24) is 5.32 Å². The molecule has 1 aromatic carbocycles. The number of nitrogens with one attached hydrogen (secondary N) is 2. The van der Waals surface area contributed by atoms with E-state index in [0.717, 1.165) is 15.7 Å². The monoisotopic (exact) mass is 270 g/mol. The van der Waals surface area contributed by atoms with Gasteiger partial charge in [0.1, 0.15) is 0 Å². The Bertz CT molecular complexity index is 352. The first-order valence-corrected chi connectivity index (χ1v) is 5.63. The number of anilines is 1. The van der Waals surface area contributed by atoms with E-state index in [4.69, 9.17) is 0 Å². The molecule has 0 heterocycles. The van der Waals surface area contributed by atoms with Crippen LogP contribution in [0.15, 0.2) is 22.7 Å². The van der Waals surface area contributed by atoms with Crippen LogP contribution in [-0.4, -0.2) is 19.5 Å². The summed E-state index contributed by atoms with van der Waals surface area (Å²) >= 11 is 3.41. The minimum absolute atomic E-state index is 0.0334. The minimum atomic E-state index is 0.0334. The van der Waals surface area contributed by atoms with Crippen molar-refractivity contribution in [2.75, 3.05) is 18.9 Å². The van der Waals surface area contributed by atoms with Gasteiger partial charge in [-0.05, 0) is 37.7 Å². The van der Waals surface area contributed by atoms with E-state index in [1.165, 1.54) is 0 Å². The van der Waals surface area contributed by atoms with E-state index < -0.39 is 0 Å². The molecule has 15 heavy (non-hydrogen) atoms. The number of hydrogen-bond acceptors (Lipinski definition) is 2. The SMILES string of the molecule is CNCCC(=O)Nc1ccc(Br)c(C)c1. The largest absolute Gasteiger partial charge is 0.326 e. The third kappa shape index (κ3) is 4.01. The normalized spacial score (nSPS) is 10.1. The highest BCUT2D eigenvalue weighted by atomic mass is 79.9. The standard InChI is InChI=1S/C11H15BrN2O/c1-8-7-9(3-4-10(8)12)14-11(15)5-6-13-2/h3-4,7,13H,5-6H2,1-2H3,(H,14,15). The molecule has 0 atom stereocenters. The summed E-state index contributed by atoms with van der Waals surface area (Å²) in [5, 5.41) is 5.78. The van der Waals surface area contributed by atoms with Gasteiger partial charge in [0.25, 0.3) is 0 Å². The van der Waals surface area contributed by atoms with Gasteiger partial charge in [0.15, 0.2) is 0 Å². The zero-order valence-corrected chi connectivity index (χ0v) is 10.5. The summed E-state index contributed by atoms with van der Waals surface area (Å²) in [6.45, 7) is 2.69. The van der Waals surface area contributed by atoms with Crippen molar-refractivity contribution in [3.63, 3.8) is 0 Å². The van der Waals surface area contributed by atoms with E-state index in [1.54, 1.807) is 0 Å². The van der Waals surface area contributed by atoms with Gasteiger partial charge in [-0.2, -0.15) is 0 Å². The predicted octanol–water partition coefficient (Wildman–Crippen LogP) is 2.31. The zero-order valence-electron chi connectivity index (χ0n) is 8.93. The maximum Gasteiger partial charge on any atom is 0.225 e. The summed E-state index contributed by atoms with van der Waals surface area (Å²) in [5.74, 6) is 0.0334. The van der Waals surface area contributed by atoms with Gasteiger partial charge in [0, 0.05) is 23.1 Å². The molecule has 0 unspecified atom stereocenters. The Balaban J connectivity index is 2.57. The fourth-order valence-corrected chi connectivity index (χ4v) is 1.43. The van der Waals surface area contributed by atoms with Crippen molar-refractivity contribution in [3.8, 4) is 0 Å². The highest BCUT2D eigenvalue weighted by Gasteiger charge is 2.02. The number of carbonyl (C=O) groups is 1. The van der Waals surface area contributed by atoms with Crippen LogP contribution in [-0.2, 0) is 4.79 Å². The molecule has 82 valence electrons. The first kappa shape index (κ1) is 12.2. The van der Waals surface area contributed by atoms with Gasteiger partial charge in [0.05, 0.1) is 0 Å². The number of rotatable bonds is 4. The predicted molar refractivity (Wildman–Crippen MR) is 66.1 cm³/mol. The topological polar surface area (TPSA) is 41.1 Å². The smallest absolute Gasteiger partial charge is 0.225 e. The van der Waals surface area contributed by atoms with Crippen molar-refractivity contribution >= 4 is 27.5 Å². The molecule has 0 bridgehead atoms. The summed E-state index contributed by atoms with van der Waals surface area (Å²) in [6, 6.07) is 5.76. The molecule has 3 nitrogen and oxygen atoms in total. The van der Waals surface area contributed by atoms with E-state index in [9.17, 15) is 4.79 Å². The number of hydrogen-bond donors (Lipinski definition) is 2. The molecule has 0 radical (unpaired) electrons. The third-order valence-corrected chi connectivity index (χ3v) is 2.93. The van der Waals surface area contributed by atoms with E-state index in [2.05, 4.69) is 26.6 Å². The van der Waals surface area contributed by atoms with Crippen LogP contribution in [0.1, 0.15) is 12.0 Å². The van der Waals surface area contributed by atoms with Gasteiger partial charge in [0.2, 0.25) is 5.91 Å². The van der Waals surface area contributed by atoms with Crippen molar-refractivity contribution in [1.29, 1.82) is 0 Å². The van der Waals surface area contributed by atoms with Crippen LogP contribution in [0, 0.1) is 6.92 Å².